The second kappa shape index (κ2) is 5.62. The summed E-state index contributed by atoms with van der Waals surface area (Å²) in [6.07, 6.45) is 3.06. The predicted molar refractivity (Wildman–Crippen MR) is 68.7 cm³/mol. The molecule has 0 spiro atoms. The molecule has 0 bridgehead atoms. The number of carbonyl (C=O) groups excluding carboxylic acids is 1. The number of anilines is 2. The maximum atomic E-state index is 11.6. The highest BCUT2D eigenvalue weighted by atomic mass is 16.2. The van der Waals surface area contributed by atoms with Crippen molar-refractivity contribution >= 4 is 17.4 Å². The Hall–Kier alpha value is -2.63. The van der Waals surface area contributed by atoms with E-state index in [1.807, 2.05) is 0 Å². The van der Waals surface area contributed by atoms with Gasteiger partial charge in [-0.1, -0.05) is 6.07 Å². The van der Waals surface area contributed by atoms with Gasteiger partial charge in [0.15, 0.2) is 0 Å². The summed E-state index contributed by atoms with van der Waals surface area (Å²) in [7, 11) is 0. The number of nitrogens with one attached hydrogen (secondary N) is 2. The van der Waals surface area contributed by atoms with Crippen molar-refractivity contribution in [3.63, 3.8) is 0 Å². The molecule has 0 fully saturated rings. The molecule has 1 heterocycles. The monoisotopic (exact) mass is 243 g/mol. The second-order valence-electron chi connectivity index (χ2n) is 3.63. The summed E-state index contributed by atoms with van der Waals surface area (Å²) in [5, 5.41) is 5.37. The van der Waals surface area contributed by atoms with Gasteiger partial charge in [-0.15, -0.1) is 0 Å². The number of rotatable bonds is 3. The number of hydrogen-bond donors (Lipinski definition) is 3. The van der Waals surface area contributed by atoms with Gasteiger partial charge >= 0.3 is 6.03 Å². The van der Waals surface area contributed by atoms with Crippen LogP contribution in [0.3, 0.4) is 0 Å². The Bertz CT molecular complexity index is 529. The molecule has 0 saturated carbocycles. The van der Waals surface area contributed by atoms with Crippen molar-refractivity contribution < 1.29 is 4.79 Å². The Morgan fingerprint density at radius 1 is 1.33 bits per heavy atom. The molecule has 0 unspecified atom stereocenters. The lowest BCUT2D eigenvalue weighted by molar-refractivity contribution is 0.251. The van der Waals surface area contributed by atoms with Crippen molar-refractivity contribution in [2.75, 3.05) is 11.1 Å². The first-order chi connectivity index (χ1) is 8.74. The van der Waals surface area contributed by atoms with Gasteiger partial charge in [0.05, 0.1) is 12.2 Å². The minimum absolute atomic E-state index is 0.306. The van der Waals surface area contributed by atoms with E-state index in [2.05, 4.69) is 20.6 Å². The van der Waals surface area contributed by atoms with Gasteiger partial charge in [0, 0.05) is 17.6 Å². The van der Waals surface area contributed by atoms with Crippen molar-refractivity contribution in [2.24, 2.45) is 0 Å². The van der Waals surface area contributed by atoms with Crippen LogP contribution in [0.5, 0.6) is 0 Å². The van der Waals surface area contributed by atoms with Crippen molar-refractivity contribution in [1.82, 2.24) is 15.3 Å². The molecule has 4 N–H and O–H groups in total. The number of hydrogen-bond acceptors (Lipinski definition) is 4. The van der Waals surface area contributed by atoms with Crippen LogP contribution in [-0.4, -0.2) is 16.0 Å². The Morgan fingerprint density at radius 3 is 2.94 bits per heavy atom. The molecule has 1 aromatic heterocycles. The number of aromatic nitrogens is 2. The SMILES string of the molecule is Nc1cccc(NC(=O)NCc2ccncn2)c1. The molecule has 92 valence electrons. The van der Waals surface area contributed by atoms with E-state index in [9.17, 15) is 4.79 Å². The number of nitrogen functional groups attached to an aromatic ring is 1. The zero-order valence-electron chi connectivity index (χ0n) is 9.63. The normalized spacial score (nSPS) is 9.78. The van der Waals surface area contributed by atoms with Crippen LogP contribution in [0, 0.1) is 0 Å². The molecule has 2 aromatic rings. The molecule has 6 heteroatoms. The van der Waals surface area contributed by atoms with Crippen LogP contribution in [0.4, 0.5) is 16.2 Å². The summed E-state index contributed by atoms with van der Waals surface area (Å²) in [5.41, 5.74) is 7.60. The number of nitrogens with zero attached hydrogens (tertiary/aromatic N) is 2. The van der Waals surface area contributed by atoms with Gasteiger partial charge in [0.2, 0.25) is 0 Å². The Labute approximate surface area is 104 Å². The molecular formula is C12H13N5O. The lowest BCUT2D eigenvalue weighted by Crippen LogP contribution is -2.28. The maximum absolute atomic E-state index is 11.6. The molecule has 0 atom stereocenters. The first kappa shape index (κ1) is 11.8. The molecule has 0 aliphatic rings. The lowest BCUT2D eigenvalue weighted by Gasteiger charge is -2.07. The van der Waals surface area contributed by atoms with Crippen LogP contribution in [0.1, 0.15) is 5.69 Å². The average molecular weight is 243 g/mol. The number of carbonyl (C=O) groups is 1. The molecule has 2 amide bonds. The van der Waals surface area contributed by atoms with E-state index in [1.54, 1.807) is 36.5 Å². The molecular weight excluding hydrogens is 230 g/mol. The fourth-order valence-corrected chi connectivity index (χ4v) is 1.39. The Morgan fingerprint density at radius 2 is 2.22 bits per heavy atom. The quantitative estimate of drug-likeness (QED) is 0.710. The van der Waals surface area contributed by atoms with Gasteiger partial charge in [-0.25, -0.2) is 14.8 Å². The zero-order chi connectivity index (χ0) is 12.8. The summed E-state index contributed by atoms with van der Waals surface area (Å²) in [6.45, 7) is 0.344. The maximum Gasteiger partial charge on any atom is 0.319 e. The minimum Gasteiger partial charge on any atom is -0.399 e. The van der Waals surface area contributed by atoms with Gasteiger partial charge in [-0.05, 0) is 24.3 Å². The molecule has 1 aromatic carbocycles. The van der Waals surface area contributed by atoms with Gasteiger partial charge in [0.1, 0.15) is 6.33 Å². The lowest BCUT2D eigenvalue weighted by atomic mass is 10.3. The third kappa shape index (κ3) is 3.44. The summed E-state index contributed by atoms with van der Waals surface area (Å²) < 4.78 is 0. The molecule has 6 nitrogen and oxygen atoms in total. The first-order valence-corrected chi connectivity index (χ1v) is 5.39. The minimum atomic E-state index is -0.306. The van der Waals surface area contributed by atoms with Crippen LogP contribution in [0.2, 0.25) is 0 Å². The molecule has 0 aliphatic carbocycles. The third-order valence-electron chi connectivity index (χ3n) is 2.22. The van der Waals surface area contributed by atoms with E-state index in [0.29, 0.717) is 17.9 Å². The molecule has 0 saturated heterocycles. The van der Waals surface area contributed by atoms with Crippen LogP contribution in [0.15, 0.2) is 42.9 Å². The van der Waals surface area contributed by atoms with Crippen molar-refractivity contribution in [3.05, 3.63) is 48.5 Å². The largest absolute Gasteiger partial charge is 0.399 e. The van der Waals surface area contributed by atoms with Crippen molar-refractivity contribution in [2.45, 2.75) is 6.54 Å². The van der Waals surface area contributed by atoms with Gasteiger partial charge in [0.25, 0.3) is 0 Å². The molecule has 0 aliphatic heterocycles. The van der Waals surface area contributed by atoms with E-state index < -0.39 is 0 Å². The topological polar surface area (TPSA) is 92.9 Å². The van der Waals surface area contributed by atoms with E-state index in [1.165, 1.54) is 6.33 Å². The Kier molecular flexibility index (Phi) is 3.70. The highest BCUT2D eigenvalue weighted by Gasteiger charge is 2.02. The van der Waals surface area contributed by atoms with Crippen LogP contribution < -0.4 is 16.4 Å². The summed E-state index contributed by atoms with van der Waals surface area (Å²) in [5.74, 6) is 0. The number of amides is 2. The average Bonchev–Trinajstić information content (AvgIpc) is 2.38. The highest BCUT2D eigenvalue weighted by Crippen LogP contribution is 2.11. The van der Waals surface area contributed by atoms with Gasteiger partial charge in [-0.3, -0.25) is 0 Å². The number of nitrogens with two attached hydrogens (primary N) is 1. The third-order valence-corrected chi connectivity index (χ3v) is 2.22. The zero-order valence-corrected chi connectivity index (χ0v) is 9.63. The first-order valence-electron chi connectivity index (χ1n) is 5.39. The van der Waals surface area contributed by atoms with Gasteiger partial charge in [-0.2, -0.15) is 0 Å². The van der Waals surface area contributed by atoms with E-state index in [-0.39, 0.29) is 6.03 Å². The van der Waals surface area contributed by atoms with E-state index >= 15 is 0 Å². The molecule has 18 heavy (non-hydrogen) atoms. The summed E-state index contributed by atoms with van der Waals surface area (Å²) >= 11 is 0. The summed E-state index contributed by atoms with van der Waals surface area (Å²) in [6, 6.07) is 8.41. The van der Waals surface area contributed by atoms with Crippen molar-refractivity contribution in [1.29, 1.82) is 0 Å². The van der Waals surface area contributed by atoms with Crippen LogP contribution in [0.25, 0.3) is 0 Å². The van der Waals surface area contributed by atoms with Crippen LogP contribution in [-0.2, 0) is 6.54 Å². The molecule has 0 radical (unpaired) electrons. The second-order valence-corrected chi connectivity index (χ2v) is 3.63. The number of urea groups is 1. The van der Waals surface area contributed by atoms with Crippen molar-refractivity contribution in [3.8, 4) is 0 Å². The van der Waals surface area contributed by atoms with Crippen LogP contribution >= 0.6 is 0 Å². The summed E-state index contributed by atoms with van der Waals surface area (Å²) in [4.78, 5) is 19.4. The van der Waals surface area contributed by atoms with E-state index in [4.69, 9.17) is 5.73 Å². The fourth-order valence-electron chi connectivity index (χ4n) is 1.39. The predicted octanol–water partition coefficient (Wildman–Crippen LogP) is 1.38. The standard InChI is InChI=1S/C12H13N5O/c13-9-2-1-3-10(6-9)17-12(18)15-7-11-4-5-14-8-16-11/h1-6,8H,7,13H2,(H2,15,17,18). The number of benzene rings is 1. The molecule has 2 rings (SSSR count). The van der Waals surface area contributed by atoms with Gasteiger partial charge < -0.3 is 16.4 Å². The smallest absolute Gasteiger partial charge is 0.319 e. The fraction of sp³-hybridized carbons (Fsp3) is 0.0833. The Balaban J connectivity index is 1.86. The highest BCUT2D eigenvalue weighted by molar-refractivity contribution is 5.89. The van der Waals surface area contributed by atoms with E-state index in [0.717, 1.165) is 5.69 Å².